The van der Waals surface area contributed by atoms with E-state index in [9.17, 15) is 18.3 Å². The number of rotatable bonds is 2. The summed E-state index contributed by atoms with van der Waals surface area (Å²) < 4.78 is 37.7. The highest BCUT2D eigenvalue weighted by Gasteiger charge is 2.41. The van der Waals surface area contributed by atoms with Crippen LogP contribution >= 0.6 is 0 Å². The average molecular weight is 279 g/mol. The number of nitrogens with zero attached hydrogens (tertiary/aromatic N) is 1. The summed E-state index contributed by atoms with van der Waals surface area (Å²) in [4.78, 5) is 2.11. The average Bonchev–Trinajstić information content (AvgIpc) is 2.33. The van der Waals surface area contributed by atoms with Crippen LogP contribution in [0, 0.1) is 17.8 Å². The van der Waals surface area contributed by atoms with Crippen LogP contribution in [0.4, 0.5) is 13.2 Å². The molecule has 2 fully saturated rings. The molecule has 1 N–H and O–H groups in total. The molecule has 0 aromatic rings. The molecule has 0 aromatic carbocycles. The second-order valence-electron chi connectivity index (χ2n) is 6.36. The number of hydrogen-bond donors (Lipinski definition) is 1. The van der Waals surface area contributed by atoms with E-state index in [4.69, 9.17) is 0 Å². The zero-order chi connectivity index (χ0) is 14.0. The molecule has 2 nitrogen and oxygen atoms in total. The van der Waals surface area contributed by atoms with Crippen LogP contribution in [0.3, 0.4) is 0 Å². The highest BCUT2D eigenvalue weighted by atomic mass is 19.4. The van der Waals surface area contributed by atoms with Crippen molar-refractivity contribution < 1.29 is 18.3 Å². The van der Waals surface area contributed by atoms with E-state index in [1.54, 1.807) is 0 Å². The van der Waals surface area contributed by atoms with E-state index in [-0.39, 0.29) is 24.9 Å². The molecular weight excluding hydrogens is 255 g/mol. The molecule has 0 aromatic heterocycles. The van der Waals surface area contributed by atoms with Crippen LogP contribution in [0.25, 0.3) is 0 Å². The molecule has 1 saturated carbocycles. The second kappa shape index (κ2) is 6.00. The van der Waals surface area contributed by atoms with Crippen LogP contribution in [0.5, 0.6) is 0 Å². The van der Waals surface area contributed by atoms with E-state index in [0.717, 1.165) is 25.8 Å². The van der Waals surface area contributed by atoms with Crippen molar-refractivity contribution in [1.82, 2.24) is 4.90 Å². The van der Waals surface area contributed by atoms with Crippen molar-refractivity contribution in [3.63, 3.8) is 0 Å². The molecule has 0 spiro atoms. The van der Waals surface area contributed by atoms with Gasteiger partial charge in [-0.25, -0.2) is 0 Å². The van der Waals surface area contributed by atoms with Gasteiger partial charge in [-0.15, -0.1) is 0 Å². The Morgan fingerprint density at radius 2 is 1.74 bits per heavy atom. The predicted octanol–water partition coefficient (Wildman–Crippen LogP) is 3.06. The third kappa shape index (κ3) is 4.09. The molecule has 3 atom stereocenters. The molecule has 1 aliphatic carbocycles. The van der Waals surface area contributed by atoms with Gasteiger partial charge < -0.3 is 10.0 Å². The maximum atomic E-state index is 12.6. The van der Waals surface area contributed by atoms with Gasteiger partial charge in [-0.2, -0.15) is 13.2 Å². The maximum absolute atomic E-state index is 12.6. The zero-order valence-electron chi connectivity index (χ0n) is 11.5. The van der Waals surface area contributed by atoms with Gasteiger partial charge in [0.15, 0.2) is 0 Å². The quantitative estimate of drug-likeness (QED) is 0.840. The minimum Gasteiger partial charge on any atom is -0.393 e. The summed E-state index contributed by atoms with van der Waals surface area (Å²) in [5, 5.41) is 9.99. The monoisotopic (exact) mass is 279 g/mol. The lowest BCUT2D eigenvalue weighted by Crippen LogP contribution is -2.44. The lowest BCUT2D eigenvalue weighted by atomic mass is 9.80. The van der Waals surface area contributed by atoms with Crippen LogP contribution < -0.4 is 0 Å². The molecule has 1 saturated heterocycles. The summed E-state index contributed by atoms with van der Waals surface area (Å²) in [6.45, 7) is 3.98. The van der Waals surface area contributed by atoms with Crippen LogP contribution in [-0.4, -0.2) is 41.9 Å². The fourth-order valence-corrected chi connectivity index (χ4v) is 3.45. The van der Waals surface area contributed by atoms with Gasteiger partial charge in [-0.05, 0) is 57.0 Å². The molecule has 0 bridgehead atoms. The molecule has 0 amide bonds. The Morgan fingerprint density at radius 3 is 2.32 bits per heavy atom. The Balaban J connectivity index is 1.79. The Hall–Kier alpha value is -0.290. The molecule has 1 aliphatic heterocycles. The SMILES string of the molecule is CC1CCC(O)C(CN2CCC(C(F)(F)F)CC2)C1. The number of piperidine rings is 1. The molecule has 5 heteroatoms. The van der Waals surface area contributed by atoms with Crippen LogP contribution in [0.1, 0.15) is 39.0 Å². The topological polar surface area (TPSA) is 23.5 Å². The summed E-state index contributed by atoms with van der Waals surface area (Å²) in [5.41, 5.74) is 0. The smallest absolute Gasteiger partial charge is 0.391 e. The third-order valence-corrected chi connectivity index (χ3v) is 4.75. The largest absolute Gasteiger partial charge is 0.393 e. The van der Waals surface area contributed by atoms with Crippen molar-refractivity contribution in [2.45, 2.75) is 51.3 Å². The molecule has 2 aliphatic rings. The summed E-state index contributed by atoms with van der Waals surface area (Å²) in [6.07, 6.45) is -0.982. The summed E-state index contributed by atoms with van der Waals surface area (Å²) in [6, 6.07) is 0. The normalized spacial score (nSPS) is 35.5. The molecule has 1 heterocycles. The highest BCUT2D eigenvalue weighted by Crippen LogP contribution is 2.35. The Bertz CT molecular complexity index is 287. The van der Waals surface area contributed by atoms with E-state index in [1.807, 2.05) is 0 Å². The van der Waals surface area contributed by atoms with Crippen molar-refractivity contribution in [3.05, 3.63) is 0 Å². The molecule has 0 radical (unpaired) electrons. The Kier molecular flexibility index (Phi) is 4.77. The van der Waals surface area contributed by atoms with Crippen LogP contribution in [0.15, 0.2) is 0 Å². The standard InChI is InChI=1S/C14H24F3NO/c1-10-2-3-13(19)11(8-10)9-18-6-4-12(5-7-18)14(15,16)17/h10-13,19H,2-9H2,1H3. The van der Waals surface area contributed by atoms with Gasteiger partial charge in [0.2, 0.25) is 0 Å². The lowest BCUT2D eigenvalue weighted by molar-refractivity contribution is -0.185. The van der Waals surface area contributed by atoms with Crippen LogP contribution in [-0.2, 0) is 0 Å². The first kappa shape index (κ1) is 15.1. The van der Waals surface area contributed by atoms with Crippen LogP contribution in [0.2, 0.25) is 0 Å². The Labute approximate surface area is 113 Å². The van der Waals surface area contributed by atoms with Gasteiger partial charge in [0, 0.05) is 6.54 Å². The number of alkyl halides is 3. The zero-order valence-corrected chi connectivity index (χ0v) is 11.5. The second-order valence-corrected chi connectivity index (χ2v) is 6.36. The van der Waals surface area contributed by atoms with Crippen molar-refractivity contribution in [2.75, 3.05) is 19.6 Å². The Morgan fingerprint density at radius 1 is 1.11 bits per heavy atom. The minimum atomic E-state index is -4.04. The van der Waals surface area contributed by atoms with Gasteiger partial charge in [-0.3, -0.25) is 0 Å². The number of hydrogen-bond acceptors (Lipinski definition) is 2. The van der Waals surface area contributed by atoms with E-state index >= 15 is 0 Å². The minimum absolute atomic E-state index is 0.210. The van der Waals surface area contributed by atoms with Gasteiger partial charge in [-0.1, -0.05) is 6.92 Å². The third-order valence-electron chi connectivity index (χ3n) is 4.75. The fraction of sp³-hybridized carbons (Fsp3) is 1.00. The number of aliphatic hydroxyl groups is 1. The first-order valence-corrected chi connectivity index (χ1v) is 7.33. The molecule has 3 unspecified atom stereocenters. The van der Waals surface area contributed by atoms with E-state index in [0.29, 0.717) is 19.0 Å². The number of likely N-dealkylation sites (tertiary alicyclic amines) is 1. The maximum Gasteiger partial charge on any atom is 0.391 e. The molecule has 2 rings (SSSR count). The lowest BCUT2D eigenvalue weighted by Gasteiger charge is -2.38. The van der Waals surface area contributed by atoms with Gasteiger partial charge in [0.1, 0.15) is 0 Å². The molecular formula is C14H24F3NO. The van der Waals surface area contributed by atoms with Crippen molar-refractivity contribution in [1.29, 1.82) is 0 Å². The van der Waals surface area contributed by atoms with Crippen molar-refractivity contribution in [2.24, 2.45) is 17.8 Å². The van der Waals surface area contributed by atoms with Crippen molar-refractivity contribution >= 4 is 0 Å². The van der Waals surface area contributed by atoms with Gasteiger partial charge in [0.05, 0.1) is 12.0 Å². The van der Waals surface area contributed by atoms with E-state index in [1.165, 1.54) is 0 Å². The number of aliphatic hydroxyl groups excluding tert-OH is 1. The predicted molar refractivity (Wildman–Crippen MR) is 67.7 cm³/mol. The molecule has 112 valence electrons. The van der Waals surface area contributed by atoms with Crippen molar-refractivity contribution in [3.8, 4) is 0 Å². The highest BCUT2D eigenvalue weighted by molar-refractivity contribution is 4.83. The number of halogens is 3. The first-order valence-electron chi connectivity index (χ1n) is 7.33. The summed E-state index contributed by atoms with van der Waals surface area (Å²) >= 11 is 0. The summed E-state index contributed by atoms with van der Waals surface area (Å²) in [7, 11) is 0. The summed E-state index contributed by atoms with van der Waals surface area (Å²) in [5.74, 6) is -0.258. The van der Waals surface area contributed by atoms with Gasteiger partial charge >= 0.3 is 6.18 Å². The fourth-order valence-electron chi connectivity index (χ4n) is 3.45. The van der Waals surface area contributed by atoms with Gasteiger partial charge in [0.25, 0.3) is 0 Å². The first-order chi connectivity index (χ1) is 8.86. The van der Waals surface area contributed by atoms with E-state index in [2.05, 4.69) is 11.8 Å². The van der Waals surface area contributed by atoms with E-state index < -0.39 is 12.1 Å². The molecule has 19 heavy (non-hydrogen) atoms.